The predicted octanol–water partition coefficient (Wildman–Crippen LogP) is 1.47. The van der Waals surface area contributed by atoms with Gasteiger partial charge in [0.05, 0.1) is 11.6 Å². The molecule has 118 valence electrons. The zero-order chi connectivity index (χ0) is 15.9. The summed E-state index contributed by atoms with van der Waals surface area (Å²) in [5.41, 5.74) is 3.03. The van der Waals surface area contributed by atoms with Gasteiger partial charge in [0, 0.05) is 49.7 Å². The molecule has 0 fully saturated rings. The van der Waals surface area contributed by atoms with E-state index in [1.807, 2.05) is 44.9 Å². The van der Waals surface area contributed by atoms with Crippen LogP contribution in [0.2, 0.25) is 0 Å². The van der Waals surface area contributed by atoms with Crippen LogP contribution >= 0.6 is 0 Å². The van der Waals surface area contributed by atoms with Crippen LogP contribution in [0.25, 0.3) is 0 Å². The van der Waals surface area contributed by atoms with E-state index in [0.717, 1.165) is 42.2 Å². The summed E-state index contributed by atoms with van der Waals surface area (Å²) in [5, 5.41) is 7.59. The molecule has 2 atom stereocenters. The average molecular weight is 301 g/mol. The van der Waals surface area contributed by atoms with Crippen LogP contribution in [0, 0.1) is 13.8 Å². The van der Waals surface area contributed by atoms with Crippen molar-refractivity contribution in [2.45, 2.75) is 52.1 Å². The van der Waals surface area contributed by atoms with Crippen molar-refractivity contribution in [1.29, 1.82) is 0 Å². The molecule has 0 radical (unpaired) electrons. The van der Waals surface area contributed by atoms with Gasteiger partial charge < -0.3 is 9.88 Å². The lowest BCUT2D eigenvalue weighted by atomic mass is 9.97. The first-order valence-electron chi connectivity index (χ1n) is 7.78. The van der Waals surface area contributed by atoms with Gasteiger partial charge in [-0.05, 0) is 27.2 Å². The third-order valence-electron chi connectivity index (χ3n) is 4.67. The van der Waals surface area contributed by atoms with Gasteiger partial charge in [-0.3, -0.25) is 9.48 Å². The number of imidazole rings is 1. The fraction of sp³-hybridized carbons (Fsp3) is 0.562. The van der Waals surface area contributed by atoms with Gasteiger partial charge in [0.2, 0.25) is 5.91 Å². The van der Waals surface area contributed by atoms with Gasteiger partial charge in [0.1, 0.15) is 5.82 Å². The van der Waals surface area contributed by atoms with Crippen molar-refractivity contribution in [3.63, 3.8) is 0 Å². The highest BCUT2D eigenvalue weighted by Gasteiger charge is 2.26. The third-order valence-corrected chi connectivity index (χ3v) is 4.67. The van der Waals surface area contributed by atoms with Gasteiger partial charge in [-0.15, -0.1) is 0 Å². The van der Waals surface area contributed by atoms with Crippen LogP contribution in [0.3, 0.4) is 0 Å². The molecule has 6 nitrogen and oxygen atoms in total. The fourth-order valence-electron chi connectivity index (χ4n) is 3.36. The smallest absolute Gasteiger partial charge is 0.227 e. The third kappa shape index (κ3) is 2.53. The number of carbonyl (C=O) groups excluding carboxylic acids is 1. The highest BCUT2D eigenvalue weighted by molar-refractivity contribution is 5.84. The predicted molar refractivity (Wildman–Crippen MR) is 83.6 cm³/mol. The molecule has 0 bridgehead atoms. The Labute approximate surface area is 130 Å². The molecule has 22 heavy (non-hydrogen) atoms. The summed E-state index contributed by atoms with van der Waals surface area (Å²) in [6, 6.07) is 0.175. The first-order valence-corrected chi connectivity index (χ1v) is 7.78. The van der Waals surface area contributed by atoms with Gasteiger partial charge in [-0.25, -0.2) is 4.98 Å². The van der Waals surface area contributed by atoms with E-state index in [0.29, 0.717) is 0 Å². The minimum Gasteiger partial charge on any atom is -0.351 e. The molecule has 0 saturated heterocycles. The number of amides is 1. The second-order valence-electron chi connectivity index (χ2n) is 6.17. The molecule has 2 aromatic heterocycles. The number of nitrogens with zero attached hydrogens (tertiary/aromatic N) is 4. The van der Waals surface area contributed by atoms with Crippen molar-refractivity contribution in [1.82, 2.24) is 24.6 Å². The minimum absolute atomic E-state index is 0.0766. The van der Waals surface area contributed by atoms with Gasteiger partial charge in [0.15, 0.2) is 0 Å². The number of hydrogen-bond acceptors (Lipinski definition) is 3. The van der Waals surface area contributed by atoms with Gasteiger partial charge >= 0.3 is 0 Å². The molecule has 1 aliphatic rings. The zero-order valence-electron chi connectivity index (χ0n) is 13.6. The number of carbonyl (C=O) groups is 1. The molecule has 0 unspecified atom stereocenters. The Morgan fingerprint density at radius 3 is 2.91 bits per heavy atom. The van der Waals surface area contributed by atoms with Crippen LogP contribution in [0.15, 0.2) is 12.4 Å². The lowest BCUT2D eigenvalue weighted by Crippen LogP contribution is -2.42. The van der Waals surface area contributed by atoms with Crippen molar-refractivity contribution in [3.05, 3.63) is 35.2 Å². The molecule has 0 saturated carbocycles. The normalized spacial score (nSPS) is 18.8. The molecule has 6 heteroatoms. The number of aromatic nitrogens is 4. The van der Waals surface area contributed by atoms with Gasteiger partial charge in [-0.2, -0.15) is 5.10 Å². The Balaban J connectivity index is 1.70. The number of nitrogens with one attached hydrogen (secondary N) is 1. The Hall–Kier alpha value is -2.11. The van der Waals surface area contributed by atoms with Crippen LogP contribution in [0.1, 0.15) is 42.0 Å². The van der Waals surface area contributed by atoms with Crippen molar-refractivity contribution < 1.29 is 4.79 Å². The summed E-state index contributed by atoms with van der Waals surface area (Å²) < 4.78 is 3.96. The zero-order valence-corrected chi connectivity index (χ0v) is 13.6. The monoisotopic (exact) mass is 301 g/mol. The number of aryl methyl sites for hydroxylation is 3. The van der Waals surface area contributed by atoms with Crippen molar-refractivity contribution >= 4 is 5.91 Å². The van der Waals surface area contributed by atoms with E-state index in [4.69, 9.17) is 0 Å². The quantitative estimate of drug-likeness (QED) is 0.933. The number of hydrogen-bond donors (Lipinski definition) is 1. The second-order valence-corrected chi connectivity index (χ2v) is 6.17. The van der Waals surface area contributed by atoms with E-state index in [1.54, 1.807) is 0 Å². The molecule has 1 N–H and O–H groups in total. The molecule has 0 aromatic carbocycles. The van der Waals surface area contributed by atoms with E-state index in [2.05, 4.69) is 20.0 Å². The molecule has 3 heterocycles. The number of fused-ring (bicyclic) bond motifs is 1. The summed E-state index contributed by atoms with van der Waals surface area (Å²) in [6.07, 6.45) is 5.66. The Morgan fingerprint density at radius 2 is 2.23 bits per heavy atom. The SMILES string of the molecule is Cc1nn(C)c(C)c1[C@@H](C)C(=O)N[C@@H]1CCc2nccn2C1. The summed E-state index contributed by atoms with van der Waals surface area (Å²) >= 11 is 0. The highest BCUT2D eigenvalue weighted by Crippen LogP contribution is 2.23. The van der Waals surface area contributed by atoms with E-state index in [9.17, 15) is 4.79 Å². The summed E-state index contributed by atoms with van der Waals surface area (Å²) in [5.74, 6) is 1.00. The minimum atomic E-state index is -0.183. The standard InChI is InChI=1S/C16H23N5O/c1-10(15-11(2)19-20(4)12(15)3)16(22)18-13-5-6-14-17-7-8-21(14)9-13/h7-8,10,13H,5-6,9H2,1-4H3,(H,18,22)/t10-,13-/m1/s1. The van der Waals surface area contributed by atoms with Gasteiger partial charge in [0.25, 0.3) is 0 Å². The molecule has 0 aliphatic carbocycles. The number of rotatable bonds is 3. The molecule has 2 aromatic rings. The maximum atomic E-state index is 12.6. The first-order chi connectivity index (χ1) is 10.5. The van der Waals surface area contributed by atoms with Crippen LogP contribution < -0.4 is 5.32 Å². The van der Waals surface area contributed by atoms with E-state index >= 15 is 0 Å². The van der Waals surface area contributed by atoms with Crippen LogP contribution in [-0.4, -0.2) is 31.3 Å². The molecular weight excluding hydrogens is 278 g/mol. The first kappa shape index (κ1) is 14.8. The molecule has 0 spiro atoms. The molecule has 1 amide bonds. The lowest BCUT2D eigenvalue weighted by molar-refractivity contribution is -0.123. The molecular formula is C16H23N5O. The van der Waals surface area contributed by atoms with E-state index in [1.165, 1.54) is 0 Å². The largest absolute Gasteiger partial charge is 0.351 e. The maximum Gasteiger partial charge on any atom is 0.227 e. The summed E-state index contributed by atoms with van der Waals surface area (Å²) in [6.45, 7) is 6.73. The van der Waals surface area contributed by atoms with E-state index in [-0.39, 0.29) is 17.9 Å². The fourth-order valence-corrected chi connectivity index (χ4v) is 3.36. The molecule has 3 rings (SSSR count). The maximum absolute atomic E-state index is 12.6. The topological polar surface area (TPSA) is 64.7 Å². The summed E-state index contributed by atoms with van der Waals surface area (Å²) in [7, 11) is 1.91. The second kappa shape index (κ2) is 5.59. The van der Waals surface area contributed by atoms with Crippen molar-refractivity contribution in [2.75, 3.05) is 0 Å². The highest BCUT2D eigenvalue weighted by atomic mass is 16.1. The van der Waals surface area contributed by atoms with E-state index < -0.39 is 0 Å². The Kier molecular flexibility index (Phi) is 3.76. The lowest BCUT2D eigenvalue weighted by Gasteiger charge is -2.26. The van der Waals surface area contributed by atoms with Crippen LogP contribution in [0.4, 0.5) is 0 Å². The van der Waals surface area contributed by atoms with Crippen LogP contribution in [-0.2, 0) is 24.8 Å². The van der Waals surface area contributed by atoms with Crippen molar-refractivity contribution in [2.24, 2.45) is 7.05 Å². The average Bonchev–Trinajstić information content (AvgIpc) is 3.03. The van der Waals surface area contributed by atoms with Gasteiger partial charge in [-0.1, -0.05) is 0 Å². The van der Waals surface area contributed by atoms with Crippen molar-refractivity contribution in [3.8, 4) is 0 Å². The summed E-state index contributed by atoms with van der Waals surface area (Å²) in [4.78, 5) is 16.9. The Bertz CT molecular complexity index is 699. The molecule has 1 aliphatic heterocycles. The van der Waals surface area contributed by atoms with Crippen LogP contribution in [0.5, 0.6) is 0 Å². The Morgan fingerprint density at radius 1 is 1.45 bits per heavy atom.